The minimum absolute atomic E-state index is 0.0420. The maximum atomic E-state index is 14.7. The fraction of sp³-hybridized carbons (Fsp3) is 0.542. The van der Waals surface area contributed by atoms with Crippen molar-refractivity contribution in [3.63, 3.8) is 0 Å². The Morgan fingerprint density at radius 2 is 1.81 bits per heavy atom. The molecule has 1 aromatic heterocycles. The van der Waals surface area contributed by atoms with E-state index in [9.17, 15) is 22.4 Å². The van der Waals surface area contributed by atoms with E-state index in [1.54, 1.807) is 0 Å². The van der Waals surface area contributed by atoms with E-state index in [4.69, 9.17) is 9.47 Å². The summed E-state index contributed by atoms with van der Waals surface area (Å²) in [5.74, 6) is -1.85. The summed E-state index contributed by atoms with van der Waals surface area (Å²) in [4.78, 5) is 20.6. The Balaban J connectivity index is 1.60. The number of benzene rings is 1. The summed E-state index contributed by atoms with van der Waals surface area (Å²) in [5.41, 5.74) is -1.07. The molecule has 12 heteroatoms. The van der Waals surface area contributed by atoms with Gasteiger partial charge < -0.3 is 25.4 Å². The number of nitrogens with zero attached hydrogens (tertiary/aromatic N) is 2. The zero-order valence-corrected chi connectivity index (χ0v) is 19.9. The first-order valence-corrected chi connectivity index (χ1v) is 12.0. The number of carbonyl (C=O) groups excluding carboxylic acids is 1. The van der Waals surface area contributed by atoms with E-state index in [1.807, 2.05) is 0 Å². The van der Waals surface area contributed by atoms with Crippen molar-refractivity contribution in [3.05, 3.63) is 35.3 Å². The van der Waals surface area contributed by atoms with Gasteiger partial charge in [-0.05, 0) is 31.7 Å². The predicted octanol–water partition coefficient (Wildman–Crippen LogP) is 5.04. The molecule has 1 aliphatic carbocycles. The SMILES string of the molecule is COc1cc(F)c(C(=O)NC2CCOCC2)cc1Nc1ncc(C(F)(F)F)c(NC2CCCCC2)n1. The van der Waals surface area contributed by atoms with Crippen LogP contribution >= 0.6 is 0 Å². The van der Waals surface area contributed by atoms with Gasteiger partial charge in [-0.15, -0.1) is 0 Å². The molecular formula is C24H29F4N5O3. The van der Waals surface area contributed by atoms with Gasteiger partial charge in [-0.1, -0.05) is 19.3 Å². The Morgan fingerprint density at radius 1 is 1.08 bits per heavy atom. The third kappa shape index (κ3) is 6.34. The highest BCUT2D eigenvalue weighted by Gasteiger charge is 2.36. The third-order valence-electron chi connectivity index (χ3n) is 6.38. The zero-order chi connectivity index (χ0) is 25.7. The molecule has 2 fully saturated rings. The molecule has 1 aromatic carbocycles. The van der Waals surface area contributed by atoms with Crippen LogP contribution in [-0.4, -0.2) is 48.3 Å². The van der Waals surface area contributed by atoms with Gasteiger partial charge in [0.05, 0.1) is 18.4 Å². The Kier molecular flexibility index (Phi) is 8.12. The molecule has 0 spiro atoms. The maximum absolute atomic E-state index is 14.7. The van der Waals surface area contributed by atoms with Crippen LogP contribution in [-0.2, 0) is 10.9 Å². The molecule has 2 aliphatic rings. The van der Waals surface area contributed by atoms with Gasteiger partial charge in [0.15, 0.2) is 0 Å². The van der Waals surface area contributed by atoms with Crippen LogP contribution in [0.3, 0.4) is 0 Å². The van der Waals surface area contributed by atoms with Crippen molar-refractivity contribution in [2.45, 2.75) is 63.2 Å². The fourth-order valence-corrected chi connectivity index (χ4v) is 4.42. The number of nitrogens with one attached hydrogen (secondary N) is 3. The van der Waals surface area contributed by atoms with Crippen LogP contribution in [0.4, 0.5) is 35.0 Å². The van der Waals surface area contributed by atoms with Crippen LogP contribution in [0.1, 0.15) is 60.9 Å². The molecule has 1 saturated heterocycles. The number of alkyl halides is 3. The molecule has 0 atom stereocenters. The summed E-state index contributed by atoms with van der Waals surface area (Å²) in [5, 5.41) is 8.49. The average molecular weight is 512 g/mol. The largest absolute Gasteiger partial charge is 0.494 e. The zero-order valence-electron chi connectivity index (χ0n) is 19.9. The van der Waals surface area contributed by atoms with Crippen LogP contribution in [0.15, 0.2) is 18.3 Å². The lowest BCUT2D eigenvalue weighted by atomic mass is 9.95. The highest BCUT2D eigenvalue weighted by atomic mass is 19.4. The van der Waals surface area contributed by atoms with E-state index < -0.39 is 23.5 Å². The summed E-state index contributed by atoms with van der Waals surface area (Å²) in [6, 6.07) is 2.00. The van der Waals surface area contributed by atoms with Gasteiger partial charge in [0.1, 0.15) is 22.9 Å². The molecule has 0 bridgehead atoms. The van der Waals surface area contributed by atoms with Gasteiger partial charge in [-0.25, -0.2) is 9.37 Å². The van der Waals surface area contributed by atoms with Gasteiger partial charge in [-0.3, -0.25) is 4.79 Å². The number of hydrogen-bond donors (Lipinski definition) is 3. The molecule has 196 valence electrons. The second kappa shape index (κ2) is 11.3. The van der Waals surface area contributed by atoms with Crippen LogP contribution in [0.25, 0.3) is 0 Å². The molecule has 0 unspecified atom stereocenters. The average Bonchev–Trinajstić information content (AvgIpc) is 2.85. The highest BCUT2D eigenvalue weighted by molar-refractivity contribution is 5.96. The first-order valence-electron chi connectivity index (χ1n) is 12.0. The molecule has 4 rings (SSSR count). The topological polar surface area (TPSA) is 97.4 Å². The van der Waals surface area contributed by atoms with Crippen molar-refractivity contribution in [2.75, 3.05) is 31.0 Å². The molecule has 3 N–H and O–H groups in total. The minimum Gasteiger partial charge on any atom is -0.494 e. The van der Waals surface area contributed by atoms with Crippen molar-refractivity contribution < 1.29 is 31.8 Å². The third-order valence-corrected chi connectivity index (χ3v) is 6.38. The standard InChI is InChI=1S/C24H29F4N5O3/c1-35-20-12-18(25)16(22(34)31-15-7-9-36-10-8-15)11-19(20)32-23-29-13-17(24(26,27)28)21(33-23)30-14-5-3-2-4-6-14/h11-15H,2-10H2,1H3,(H,31,34)(H2,29,30,32,33). The Hall–Kier alpha value is -3.15. The highest BCUT2D eigenvalue weighted by Crippen LogP contribution is 2.36. The van der Waals surface area contributed by atoms with Crippen molar-refractivity contribution in [1.82, 2.24) is 15.3 Å². The summed E-state index contributed by atoms with van der Waals surface area (Å²) < 4.78 is 66.0. The normalized spacial score (nSPS) is 17.5. The lowest BCUT2D eigenvalue weighted by molar-refractivity contribution is -0.137. The number of ether oxygens (including phenoxy) is 2. The van der Waals surface area contributed by atoms with Crippen LogP contribution in [0.2, 0.25) is 0 Å². The van der Waals surface area contributed by atoms with E-state index in [2.05, 4.69) is 25.9 Å². The quantitative estimate of drug-likeness (QED) is 0.448. The number of halogens is 4. The van der Waals surface area contributed by atoms with Gasteiger partial charge in [0.2, 0.25) is 5.95 Å². The molecule has 8 nitrogen and oxygen atoms in total. The molecule has 2 heterocycles. The van der Waals surface area contributed by atoms with Crippen molar-refractivity contribution in [2.24, 2.45) is 0 Å². The van der Waals surface area contributed by atoms with Crippen LogP contribution in [0, 0.1) is 5.82 Å². The van der Waals surface area contributed by atoms with E-state index in [1.165, 1.54) is 13.2 Å². The van der Waals surface area contributed by atoms with Crippen molar-refractivity contribution in [1.29, 1.82) is 0 Å². The second-order valence-corrected chi connectivity index (χ2v) is 8.95. The lowest BCUT2D eigenvalue weighted by Gasteiger charge is -2.25. The lowest BCUT2D eigenvalue weighted by Crippen LogP contribution is -2.39. The number of methoxy groups -OCH3 is 1. The molecule has 1 aliphatic heterocycles. The van der Waals surface area contributed by atoms with Crippen LogP contribution < -0.4 is 20.7 Å². The molecular weight excluding hydrogens is 482 g/mol. The van der Waals surface area contributed by atoms with Gasteiger partial charge >= 0.3 is 6.18 Å². The first kappa shape index (κ1) is 25.9. The number of hydrogen-bond acceptors (Lipinski definition) is 7. The molecule has 36 heavy (non-hydrogen) atoms. The number of rotatable bonds is 7. The summed E-state index contributed by atoms with van der Waals surface area (Å²) in [7, 11) is 1.31. The smallest absolute Gasteiger partial charge is 0.421 e. The summed E-state index contributed by atoms with van der Waals surface area (Å²) in [6.07, 6.45) is 1.71. The number of amides is 1. The Bertz CT molecular complexity index is 1070. The van der Waals surface area contributed by atoms with Crippen molar-refractivity contribution in [3.8, 4) is 5.75 Å². The summed E-state index contributed by atoms with van der Waals surface area (Å²) >= 11 is 0. The van der Waals surface area contributed by atoms with Gasteiger partial charge in [-0.2, -0.15) is 18.2 Å². The second-order valence-electron chi connectivity index (χ2n) is 8.95. The van der Waals surface area contributed by atoms with E-state index in [-0.39, 0.29) is 40.9 Å². The Morgan fingerprint density at radius 3 is 2.47 bits per heavy atom. The Labute approximate surface area is 206 Å². The molecule has 1 amide bonds. The molecule has 2 aromatic rings. The van der Waals surface area contributed by atoms with Crippen molar-refractivity contribution >= 4 is 23.4 Å². The van der Waals surface area contributed by atoms with E-state index in [0.717, 1.165) is 38.2 Å². The molecule has 0 radical (unpaired) electrons. The van der Waals surface area contributed by atoms with Gasteiger partial charge in [0.25, 0.3) is 5.91 Å². The molecule has 1 saturated carbocycles. The first-order chi connectivity index (χ1) is 17.2. The number of anilines is 3. The minimum atomic E-state index is -4.64. The van der Waals surface area contributed by atoms with Gasteiger partial charge in [0, 0.05) is 37.6 Å². The monoisotopic (exact) mass is 511 g/mol. The van der Waals surface area contributed by atoms with Crippen LogP contribution in [0.5, 0.6) is 5.75 Å². The summed E-state index contributed by atoms with van der Waals surface area (Å²) in [6.45, 7) is 1.01. The predicted molar refractivity (Wildman–Crippen MR) is 125 cm³/mol. The van der Waals surface area contributed by atoms with E-state index in [0.29, 0.717) is 32.3 Å². The number of aromatic nitrogens is 2. The maximum Gasteiger partial charge on any atom is 0.421 e. The fourth-order valence-electron chi connectivity index (χ4n) is 4.42. The number of carbonyl (C=O) groups is 1. The van der Waals surface area contributed by atoms with E-state index >= 15 is 0 Å².